The Labute approximate surface area is 171 Å². The maximum atomic E-state index is 6.29. The topological polar surface area (TPSA) is 66.8 Å². The lowest BCUT2D eigenvalue weighted by atomic mass is 10.2. The largest absolute Gasteiger partial charge is 0.341 e. The van der Waals surface area contributed by atoms with Gasteiger partial charge >= 0.3 is 0 Å². The van der Waals surface area contributed by atoms with E-state index in [4.69, 9.17) is 21.6 Å². The van der Waals surface area contributed by atoms with Gasteiger partial charge in [-0.2, -0.15) is 9.97 Å². The molecule has 28 heavy (non-hydrogen) atoms. The molecule has 0 radical (unpaired) electrons. The lowest BCUT2D eigenvalue weighted by molar-refractivity contribution is 0.664. The first-order valence-corrected chi connectivity index (χ1v) is 10.3. The molecule has 0 spiro atoms. The Bertz CT molecular complexity index is 922. The zero-order chi connectivity index (χ0) is 19.9. The van der Waals surface area contributed by atoms with Crippen molar-refractivity contribution in [2.75, 3.05) is 23.3 Å². The molecule has 7 heteroatoms. The monoisotopic (exact) mass is 398 g/mol. The van der Waals surface area contributed by atoms with Crippen LogP contribution in [0.3, 0.4) is 0 Å². The van der Waals surface area contributed by atoms with Crippen LogP contribution in [0.15, 0.2) is 30.6 Å². The molecule has 3 rings (SSSR count). The number of fused-ring (bicyclic) bond motifs is 1. The van der Waals surface area contributed by atoms with Crippen molar-refractivity contribution in [2.24, 2.45) is 0 Å². The van der Waals surface area contributed by atoms with Gasteiger partial charge in [0.15, 0.2) is 17.0 Å². The van der Waals surface area contributed by atoms with Crippen LogP contribution in [0.25, 0.3) is 11.2 Å². The summed E-state index contributed by atoms with van der Waals surface area (Å²) in [5, 5.41) is 4.07. The fraction of sp³-hybridized carbons (Fsp3) is 0.429. The van der Waals surface area contributed by atoms with Gasteiger partial charge in [-0.25, -0.2) is 9.97 Å². The minimum atomic E-state index is 0.589. The van der Waals surface area contributed by atoms with Crippen LogP contribution in [0, 0.1) is 6.92 Å². The Morgan fingerprint density at radius 3 is 2.39 bits per heavy atom. The van der Waals surface area contributed by atoms with E-state index in [2.05, 4.69) is 34.0 Å². The molecular weight excluding hydrogens is 372 g/mol. The van der Waals surface area contributed by atoms with Crippen molar-refractivity contribution in [2.45, 2.75) is 46.5 Å². The molecule has 0 saturated heterocycles. The number of rotatable bonds is 9. The van der Waals surface area contributed by atoms with E-state index < -0.39 is 0 Å². The van der Waals surface area contributed by atoms with E-state index in [1.165, 1.54) is 0 Å². The summed E-state index contributed by atoms with van der Waals surface area (Å²) >= 11 is 6.29. The van der Waals surface area contributed by atoms with Gasteiger partial charge in [0.1, 0.15) is 0 Å². The van der Waals surface area contributed by atoms with E-state index in [0.29, 0.717) is 28.0 Å². The quantitative estimate of drug-likeness (QED) is 0.511. The molecule has 2 heterocycles. The SMILES string of the molecule is CCCCN(CCCC)c1nc(Nc2ccc(C)c(Cl)c2)c2nccnc2n1. The van der Waals surface area contributed by atoms with Crippen LogP contribution in [0.5, 0.6) is 0 Å². The van der Waals surface area contributed by atoms with Crippen LogP contribution < -0.4 is 10.2 Å². The number of hydrogen-bond acceptors (Lipinski definition) is 6. The summed E-state index contributed by atoms with van der Waals surface area (Å²) in [4.78, 5) is 20.6. The Morgan fingerprint density at radius 2 is 1.71 bits per heavy atom. The molecule has 0 aliphatic heterocycles. The number of aryl methyl sites for hydroxylation is 1. The fourth-order valence-electron chi connectivity index (χ4n) is 2.90. The van der Waals surface area contributed by atoms with Crippen LogP contribution in [-0.2, 0) is 0 Å². The van der Waals surface area contributed by atoms with Gasteiger partial charge in [-0.15, -0.1) is 0 Å². The molecule has 2 aromatic heterocycles. The third kappa shape index (κ3) is 4.87. The molecule has 1 N–H and O–H groups in total. The van der Waals surface area contributed by atoms with Gasteiger partial charge in [-0.1, -0.05) is 44.4 Å². The first-order valence-electron chi connectivity index (χ1n) is 9.89. The zero-order valence-electron chi connectivity index (χ0n) is 16.7. The minimum absolute atomic E-state index is 0.589. The second-order valence-electron chi connectivity index (χ2n) is 6.88. The average molecular weight is 399 g/mol. The van der Waals surface area contributed by atoms with Crippen molar-refractivity contribution in [1.82, 2.24) is 19.9 Å². The van der Waals surface area contributed by atoms with Crippen LogP contribution in [-0.4, -0.2) is 33.0 Å². The fourth-order valence-corrected chi connectivity index (χ4v) is 3.08. The maximum absolute atomic E-state index is 6.29. The van der Waals surface area contributed by atoms with Gasteiger partial charge in [0.05, 0.1) is 0 Å². The van der Waals surface area contributed by atoms with Crippen LogP contribution in [0.4, 0.5) is 17.5 Å². The Balaban J connectivity index is 2.00. The summed E-state index contributed by atoms with van der Waals surface area (Å²) in [5.74, 6) is 1.33. The number of anilines is 3. The number of halogens is 1. The number of nitrogens with zero attached hydrogens (tertiary/aromatic N) is 5. The van der Waals surface area contributed by atoms with Crippen molar-refractivity contribution in [3.05, 3.63) is 41.2 Å². The first-order chi connectivity index (χ1) is 13.6. The maximum Gasteiger partial charge on any atom is 0.229 e. The molecule has 3 aromatic rings. The highest BCUT2D eigenvalue weighted by atomic mass is 35.5. The third-order valence-corrected chi connectivity index (χ3v) is 5.01. The predicted molar refractivity (Wildman–Crippen MR) is 117 cm³/mol. The molecule has 0 atom stereocenters. The van der Waals surface area contributed by atoms with Gasteiger partial charge in [0, 0.05) is 36.2 Å². The highest BCUT2D eigenvalue weighted by Gasteiger charge is 2.15. The van der Waals surface area contributed by atoms with Crippen molar-refractivity contribution >= 4 is 40.2 Å². The molecule has 0 bridgehead atoms. The molecule has 148 valence electrons. The lowest BCUT2D eigenvalue weighted by Crippen LogP contribution is -2.28. The predicted octanol–water partition coefficient (Wildman–Crippen LogP) is 5.53. The molecule has 0 saturated carbocycles. The number of nitrogens with one attached hydrogen (secondary N) is 1. The Morgan fingerprint density at radius 1 is 1.00 bits per heavy atom. The standard InChI is InChI=1S/C21H27ClN6/c1-4-6-12-28(13-7-5-2)21-26-19-18(23-10-11-24-19)20(27-21)25-16-9-8-15(3)17(22)14-16/h8-11,14H,4-7,12-13H2,1-3H3,(H,24,25,26,27). The van der Waals surface area contributed by atoms with Gasteiger partial charge in [-0.3, -0.25) is 0 Å². The highest BCUT2D eigenvalue weighted by molar-refractivity contribution is 6.31. The van der Waals surface area contributed by atoms with Crippen molar-refractivity contribution < 1.29 is 0 Å². The van der Waals surface area contributed by atoms with E-state index in [1.807, 2.05) is 25.1 Å². The summed E-state index contributed by atoms with van der Waals surface area (Å²) in [7, 11) is 0. The van der Waals surface area contributed by atoms with Crippen LogP contribution in [0.2, 0.25) is 5.02 Å². The van der Waals surface area contributed by atoms with E-state index in [1.54, 1.807) is 12.4 Å². The molecule has 0 fully saturated rings. The van der Waals surface area contributed by atoms with Gasteiger partial charge < -0.3 is 10.2 Å². The second kappa shape index (κ2) is 9.64. The average Bonchev–Trinajstić information content (AvgIpc) is 2.71. The number of unbranched alkanes of at least 4 members (excludes halogenated alkanes) is 2. The van der Waals surface area contributed by atoms with Crippen molar-refractivity contribution in [3.63, 3.8) is 0 Å². The van der Waals surface area contributed by atoms with Crippen molar-refractivity contribution in [1.29, 1.82) is 0 Å². The van der Waals surface area contributed by atoms with Crippen LogP contribution in [0.1, 0.15) is 45.1 Å². The van der Waals surface area contributed by atoms with E-state index >= 15 is 0 Å². The lowest BCUT2D eigenvalue weighted by Gasteiger charge is -2.23. The molecule has 0 amide bonds. The molecule has 1 aromatic carbocycles. The summed E-state index contributed by atoms with van der Waals surface area (Å²) in [6, 6.07) is 5.86. The molecule has 0 unspecified atom stereocenters. The first kappa shape index (κ1) is 20.3. The van der Waals surface area contributed by atoms with Gasteiger partial charge in [0.25, 0.3) is 0 Å². The van der Waals surface area contributed by atoms with Gasteiger partial charge in [0.2, 0.25) is 5.95 Å². The Kier molecular flexibility index (Phi) is 6.98. The van der Waals surface area contributed by atoms with E-state index in [-0.39, 0.29) is 0 Å². The molecule has 0 aliphatic rings. The number of benzene rings is 1. The molecular formula is C21H27ClN6. The van der Waals surface area contributed by atoms with Crippen molar-refractivity contribution in [3.8, 4) is 0 Å². The van der Waals surface area contributed by atoms with Crippen LogP contribution >= 0.6 is 11.6 Å². The summed E-state index contributed by atoms with van der Waals surface area (Å²) in [6.07, 6.45) is 7.77. The summed E-state index contributed by atoms with van der Waals surface area (Å²) < 4.78 is 0. The summed E-state index contributed by atoms with van der Waals surface area (Å²) in [6.45, 7) is 8.23. The third-order valence-electron chi connectivity index (χ3n) is 4.60. The number of hydrogen-bond donors (Lipinski definition) is 1. The highest BCUT2D eigenvalue weighted by Crippen LogP contribution is 2.27. The molecule has 6 nitrogen and oxygen atoms in total. The van der Waals surface area contributed by atoms with E-state index in [0.717, 1.165) is 50.0 Å². The zero-order valence-corrected chi connectivity index (χ0v) is 17.5. The second-order valence-corrected chi connectivity index (χ2v) is 7.29. The van der Waals surface area contributed by atoms with Gasteiger partial charge in [-0.05, 0) is 37.5 Å². The molecule has 0 aliphatic carbocycles. The smallest absolute Gasteiger partial charge is 0.229 e. The summed E-state index contributed by atoms with van der Waals surface area (Å²) in [5.41, 5.74) is 3.13. The Hall–Kier alpha value is -2.47. The normalized spacial score (nSPS) is 11.0. The van der Waals surface area contributed by atoms with E-state index in [9.17, 15) is 0 Å². The number of aromatic nitrogens is 4. The minimum Gasteiger partial charge on any atom is -0.341 e.